The highest BCUT2D eigenvalue weighted by Gasteiger charge is 2.26. The van der Waals surface area contributed by atoms with E-state index in [9.17, 15) is 9.18 Å². The van der Waals surface area contributed by atoms with Gasteiger partial charge in [-0.25, -0.2) is 23.5 Å². The highest BCUT2D eigenvalue weighted by Crippen LogP contribution is 2.36. The second-order valence-electron chi connectivity index (χ2n) is 8.22. The molecule has 0 fully saturated rings. The number of hydrogen-bond acceptors (Lipinski definition) is 8. The van der Waals surface area contributed by atoms with Gasteiger partial charge in [-0.05, 0) is 24.1 Å². The largest absolute Gasteiger partial charge is 0.493 e. The second kappa shape index (κ2) is 13.6. The molecule has 4 rings (SSSR count). The zero-order valence-corrected chi connectivity index (χ0v) is 21.6. The first kappa shape index (κ1) is 29.4. The van der Waals surface area contributed by atoms with Crippen LogP contribution in [0.2, 0.25) is 0 Å². The molecule has 2 aromatic heterocycles. The molecule has 0 spiro atoms. The van der Waals surface area contributed by atoms with Crippen molar-refractivity contribution in [2.45, 2.75) is 19.3 Å². The van der Waals surface area contributed by atoms with E-state index in [1.807, 2.05) is 0 Å². The summed E-state index contributed by atoms with van der Waals surface area (Å²) in [5.74, 6) is -1.85. The lowest BCUT2D eigenvalue weighted by Gasteiger charge is -2.19. The van der Waals surface area contributed by atoms with Crippen molar-refractivity contribution in [3.05, 3.63) is 93.7 Å². The lowest BCUT2D eigenvalue weighted by molar-refractivity contribution is -0.134. The number of aromatic amines is 1. The summed E-state index contributed by atoms with van der Waals surface area (Å²) in [6.07, 6.45) is 3.17. The molecule has 12 nitrogen and oxygen atoms in total. The zero-order valence-electron chi connectivity index (χ0n) is 21.6. The molecule has 0 radical (unpaired) electrons. The van der Waals surface area contributed by atoms with E-state index in [1.54, 1.807) is 30.3 Å². The Balaban J connectivity index is 0.00000103. The van der Waals surface area contributed by atoms with E-state index >= 15 is 4.39 Å². The molecule has 0 amide bonds. The minimum atomic E-state index is -0.833. The fourth-order valence-corrected chi connectivity index (χ4v) is 3.68. The molecule has 0 bridgehead atoms. The van der Waals surface area contributed by atoms with E-state index in [-0.39, 0.29) is 47.7 Å². The van der Waals surface area contributed by atoms with Gasteiger partial charge in [0.2, 0.25) is 0 Å². The third-order valence-corrected chi connectivity index (χ3v) is 5.40. The van der Waals surface area contributed by atoms with Crippen molar-refractivity contribution in [2.75, 3.05) is 20.4 Å². The van der Waals surface area contributed by atoms with Crippen molar-refractivity contribution in [3.8, 4) is 17.4 Å². The average Bonchev–Trinajstić information content (AvgIpc) is 3.32. The number of nitrogens with two attached hydrogens (primary N) is 1. The van der Waals surface area contributed by atoms with E-state index in [2.05, 4.69) is 20.1 Å². The maximum absolute atomic E-state index is 15.4. The van der Waals surface area contributed by atoms with Crippen LogP contribution in [0.25, 0.3) is 5.95 Å². The maximum atomic E-state index is 15.4. The Kier molecular flexibility index (Phi) is 10.00. The van der Waals surface area contributed by atoms with E-state index in [4.69, 9.17) is 30.5 Å². The van der Waals surface area contributed by atoms with Crippen molar-refractivity contribution in [1.82, 2.24) is 24.7 Å². The summed E-state index contributed by atoms with van der Waals surface area (Å²) in [5, 5.41) is 19.3. The summed E-state index contributed by atoms with van der Waals surface area (Å²) < 4.78 is 39.6. The minimum absolute atomic E-state index is 0.0534. The first-order valence-electron chi connectivity index (χ1n) is 11.8. The number of benzene rings is 2. The summed E-state index contributed by atoms with van der Waals surface area (Å²) in [7, 11) is 1.39. The predicted molar refractivity (Wildman–Crippen MR) is 141 cm³/mol. The first-order valence-corrected chi connectivity index (χ1v) is 11.8. The average molecular weight is 556 g/mol. The fourth-order valence-electron chi connectivity index (χ4n) is 3.68. The van der Waals surface area contributed by atoms with E-state index in [0.29, 0.717) is 5.56 Å². The lowest BCUT2D eigenvalue weighted by atomic mass is 9.90. The molecule has 0 aliphatic rings. The second-order valence-corrected chi connectivity index (χ2v) is 8.22. The predicted octanol–water partition coefficient (Wildman–Crippen LogP) is 2.60. The number of aliphatic carboxylic acids is 1. The third-order valence-electron chi connectivity index (χ3n) is 5.40. The number of hydrogen-bond donors (Lipinski definition) is 4. The zero-order chi connectivity index (χ0) is 29.2. The van der Waals surface area contributed by atoms with Crippen LogP contribution in [0.3, 0.4) is 0 Å². The molecule has 0 saturated carbocycles. The molecular weight excluding hydrogens is 528 g/mol. The van der Waals surface area contributed by atoms with Gasteiger partial charge >= 0.3 is 5.69 Å². The number of aromatic nitrogens is 5. The molecule has 14 heteroatoms. The first-order chi connectivity index (χ1) is 19.1. The Morgan fingerprint density at radius 2 is 1.85 bits per heavy atom. The molecule has 0 aliphatic carbocycles. The van der Waals surface area contributed by atoms with Crippen LogP contribution in [-0.4, -0.2) is 62.0 Å². The SMILES string of the molecule is CC(=O)O.COc1cc(C(Cc2ccc(C(=N)N)cc2)c2nn(-c3ncccn3)c(=O)[nH]2)c(F)cc1OCCF. The van der Waals surface area contributed by atoms with Crippen LogP contribution in [0.5, 0.6) is 11.5 Å². The van der Waals surface area contributed by atoms with E-state index in [0.717, 1.165) is 23.2 Å². The molecule has 0 saturated heterocycles. The van der Waals surface area contributed by atoms with Gasteiger partial charge in [0.1, 0.15) is 30.8 Å². The van der Waals surface area contributed by atoms with Gasteiger partial charge in [-0.2, -0.15) is 0 Å². The summed E-state index contributed by atoms with van der Waals surface area (Å²) in [6, 6.07) is 11.0. The van der Waals surface area contributed by atoms with Crippen molar-refractivity contribution in [2.24, 2.45) is 5.73 Å². The summed E-state index contributed by atoms with van der Waals surface area (Å²) in [6.45, 7) is 0.0848. The van der Waals surface area contributed by atoms with Gasteiger partial charge in [-0.3, -0.25) is 15.2 Å². The van der Waals surface area contributed by atoms with Gasteiger partial charge in [0, 0.05) is 36.5 Å². The van der Waals surface area contributed by atoms with Crippen LogP contribution in [0.1, 0.15) is 35.4 Å². The number of methoxy groups -OCH3 is 1. The van der Waals surface area contributed by atoms with Crippen LogP contribution >= 0.6 is 0 Å². The van der Waals surface area contributed by atoms with E-state index in [1.165, 1.54) is 25.6 Å². The highest BCUT2D eigenvalue weighted by molar-refractivity contribution is 5.94. The number of nitrogens with one attached hydrogen (secondary N) is 2. The number of nitrogen functional groups attached to an aromatic ring is 1. The number of amidine groups is 1. The Bertz CT molecular complexity index is 1500. The van der Waals surface area contributed by atoms with Gasteiger partial charge in [-0.15, -0.1) is 9.78 Å². The number of ether oxygens (including phenoxy) is 2. The molecular formula is C26H27F2N7O5. The summed E-state index contributed by atoms with van der Waals surface area (Å²) in [5.41, 5.74) is 6.43. The smallest absolute Gasteiger partial charge is 0.350 e. The topological polar surface area (TPSA) is 182 Å². The highest BCUT2D eigenvalue weighted by atomic mass is 19.1. The number of nitrogens with zero attached hydrogens (tertiary/aromatic N) is 4. The Morgan fingerprint density at radius 1 is 1.20 bits per heavy atom. The van der Waals surface area contributed by atoms with Crippen LogP contribution in [0, 0.1) is 11.2 Å². The Hall–Kier alpha value is -5.14. The standard InChI is InChI=1S/C24H23F2N7O3.C2H4O2/c1-35-19-12-16(18(26)13-20(19)36-10-7-25)17(11-14-3-5-15(6-4-14)21(27)28)22-31-24(34)33(32-22)23-29-8-2-9-30-23;1-2(3)4/h2-6,8-9,12-13,17H,7,10-11H2,1H3,(H3,27,28)(H,31,32,34);1H3,(H,3,4). The van der Waals surface area contributed by atoms with Gasteiger partial charge in [0.25, 0.3) is 11.9 Å². The van der Waals surface area contributed by atoms with Crippen molar-refractivity contribution < 1.29 is 28.2 Å². The monoisotopic (exact) mass is 555 g/mol. The number of carbonyl (C=O) groups is 1. The Morgan fingerprint density at radius 3 is 2.42 bits per heavy atom. The number of rotatable bonds is 10. The summed E-state index contributed by atoms with van der Waals surface area (Å²) in [4.78, 5) is 32.5. The van der Waals surface area contributed by atoms with E-state index < -0.39 is 30.1 Å². The van der Waals surface area contributed by atoms with Crippen LogP contribution < -0.4 is 20.9 Å². The van der Waals surface area contributed by atoms with Crippen molar-refractivity contribution in [3.63, 3.8) is 0 Å². The van der Waals surface area contributed by atoms with Gasteiger partial charge in [0.15, 0.2) is 11.5 Å². The lowest BCUT2D eigenvalue weighted by Crippen LogP contribution is -2.18. The summed E-state index contributed by atoms with van der Waals surface area (Å²) >= 11 is 0. The van der Waals surface area contributed by atoms with Crippen LogP contribution in [0.15, 0.2) is 59.7 Å². The normalized spacial score (nSPS) is 11.2. The number of alkyl halides is 1. The molecule has 1 unspecified atom stereocenters. The van der Waals surface area contributed by atoms with Gasteiger partial charge < -0.3 is 20.3 Å². The molecule has 40 heavy (non-hydrogen) atoms. The van der Waals surface area contributed by atoms with Crippen molar-refractivity contribution >= 4 is 11.8 Å². The molecule has 210 valence electrons. The van der Waals surface area contributed by atoms with Crippen molar-refractivity contribution in [1.29, 1.82) is 5.41 Å². The molecule has 0 aliphatic heterocycles. The number of H-pyrrole nitrogens is 1. The fraction of sp³-hybridized carbons (Fsp3) is 0.231. The maximum Gasteiger partial charge on any atom is 0.350 e. The molecule has 5 N–H and O–H groups in total. The molecule has 2 heterocycles. The quantitative estimate of drug-likeness (QED) is 0.169. The minimum Gasteiger partial charge on any atom is -0.493 e. The molecule has 4 aromatic rings. The van der Waals surface area contributed by atoms with Gasteiger partial charge in [0.05, 0.1) is 13.0 Å². The number of halogens is 2. The number of carboxylic acid groups (broad SMARTS) is 1. The molecule has 2 aromatic carbocycles. The third kappa shape index (κ3) is 7.46. The molecule has 1 atom stereocenters. The Labute approximate surface area is 226 Å². The van der Waals surface area contributed by atoms with Crippen LogP contribution in [0.4, 0.5) is 8.78 Å². The number of carboxylic acids is 1. The van der Waals surface area contributed by atoms with Crippen LogP contribution in [-0.2, 0) is 11.2 Å². The van der Waals surface area contributed by atoms with Gasteiger partial charge in [-0.1, -0.05) is 24.3 Å².